The van der Waals surface area contributed by atoms with Crippen molar-refractivity contribution >= 4 is 17.8 Å². The van der Waals surface area contributed by atoms with Gasteiger partial charge in [-0.25, -0.2) is 4.79 Å². The number of nitrogens with one attached hydrogen (secondary N) is 2. The molecule has 1 aromatic rings. The highest BCUT2D eigenvalue weighted by molar-refractivity contribution is 6.09. The molecule has 1 aliphatic carbocycles. The lowest BCUT2D eigenvalue weighted by molar-refractivity contribution is -0.135. The van der Waals surface area contributed by atoms with E-state index in [4.69, 9.17) is 9.47 Å². The molecule has 1 saturated heterocycles. The zero-order valence-electron chi connectivity index (χ0n) is 16.0. The first-order chi connectivity index (χ1) is 13.5. The molecule has 0 unspecified atom stereocenters. The number of benzene rings is 1. The lowest BCUT2D eigenvalue weighted by Crippen LogP contribution is -2.45. The minimum absolute atomic E-state index is 0.131. The number of nitrogens with zero attached hydrogens (tertiary/aromatic N) is 1. The number of hydrogen-bond donors (Lipinski definition) is 2. The Morgan fingerprint density at radius 1 is 1.18 bits per heavy atom. The Balaban J connectivity index is 1.47. The molecule has 0 spiro atoms. The van der Waals surface area contributed by atoms with Crippen LogP contribution in [-0.4, -0.2) is 48.5 Å². The second-order valence-corrected chi connectivity index (χ2v) is 7.71. The van der Waals surface area contributed by atoms with Gasteiger partial charge in [-0.05, 0) is 37.5 Å². The van der Waals surface area contributed by atoms with Gasteiger partial charge >= 0.3 is 6.03 Å². The van der Waals surface area contributed by atoms with Crippen LogP contribution >= 0.6 is 0 Å². The largest absolute Gasteiger partial charge is 0.486 e. The predicted octanol–water partition coefficient (Wildman–Crippen LogP) is 1.67. The topological polar surface area (TPSA) is 97.0 Å². The van der Waals surface area contributed by atoms with E-state index in [9.17, 15) is 14.4 Å². The molecule has 1 atom stereocenters. The van der Waals surface area contributed by atoms with Crippen LogP contribution in [0.1, 0.15) is 44.6 Å². The van der Waals surface area contributed by atoms with Crippen LogP contribution in [0.3, 0.4) is 0 Å². The Bertz CT molecular complexity index is 805. The quantitative estimate of drug-likeness (QED) is 0.766. The van der Waals surface area contributed by atoms with E-state index < -0.39 is 17.5 Å². The fourth-order valence-corrected chi connectivity index (χ4v) is 4.05. The Morgan fingerprint density at radius 2 is 1.89 bits per heavy atom. The summed E-state index contributed by atoms with van der Waals surface area (Å²) in [4.78, 5) is 38.8. The molecule has 0 aromatic heterocycles. The highest BCUT2D eigenvalue weighted by atomic mass is 16.6. The summed E-state index contributed by atoms with van der Waals surface area (Å²) in [7, 11) is 0. The average Bonchev–Trinajstić information content (AvgIpc) is 2.92. The van der Waals surface area contributed by atoms with E-state index in [1.165, 1.54) is 6.42 Å². The Labute approximate surface area is 163 Å². The van der Waals surface area contributed by atoms with Gasteiger partial charge in [-0.2, -0.15) is 0 Å². The molecular formula is C20H25N3O5. The fraction of sp³-hybridized carbons (Fsp3) is 0.550. The molecule has 1 aromatic carbocycles. The van der Waals surface area contributed by atoms with E-state index >= 15 is 0 Å². The summed E-state index contributed by atoms with van der Waals surface area (Å²) in [5, 5.41) is 5.67. The van der Waals surface area contributed by atoms with Gasteiger partial charge in [0.05, 0.1) is 0 Å². The van der Waals surface area contributed by atoms with E-state index in [2.05, 4.69) is 10.6 Å². The third-order valence-electron chi connectivity index (χ3n) is 5.67. The van der Waals surface area contributed by atoms with Gasteiger partial charge in [0.25, 0.3) is 5.91 Å². The van der Waals surface area contributed by atoms with Gasteiger partial charge in [-0.1, -0.05) is 25.3 Å². The molecule has 0 radical (unpaired) electrons. The molecule has 8 nitrogen and oxygen atoms in total. The zero-order valence-corrected chi connectivity index (χ0v) is 16.0. The number of ether oxygens (including phenoxy) is 2. The lowest BCUT2D eigenvalue weighted by Gasteiger charge is -2.25. The number of imide groups is 1. The predicted molar refractivity (Wildman–Crippen MR) is 100 cm³/mol. The summed E-state index contributed by atoms with van der Waals surface area (Å²) in [6.45, 7) is 2.27. The van der Waals surface area contributed by atoms with Crippen LogP contribution in [0.5, 0.6) is 11.5 Å². The molecule has 4 amide bonds. The number of rotatable bonds is 4. The van der Waals surface area contributed by atoms with E-state index in [0.717, 1.165) is 30.6 Å². The van der Waals surface area contributed by atoms with Gasteiger partial charge in [0.15, 0.2) is 11.5 Å². The summed E-state index contributed by atoms with van der Waals surface area (Å²) < 4.78 is 11.1. The van der Waals surface area contributed by atoms with Crippen molar-refractivity contribution in [3.63, 3.8) is 0 Å². The number of urea groups is 1. The third-order valence-corrected chi connectivity index (χ3v) is 5.67. The second-order valence-electron chi connectivity index (χ2n) is 7.71. The van der Waals surface area contributed by atoms with E-state index in [1.54, 1.807) is 25.1 Å². The number of fused-ring (bicyclic) bond motifs is 1. The standard InChI is InChI=1S/C20H25N3O5/c1-20(13-7-8-15-16(11-13)28-10-9-27-15)18(25)23(19(26)22-20)12-17(24)21-14-5-3-2-4-6-14/h7-8,11,14H,2-6,9-10,12H2,1H3,(H,21,24)(H,22,26)/t20-/m1/s1. The summed E-state index contributed by atoms with van der Waals surface area (Å²) in [6.07, 6.45) is 5.27. The average molecular weight is 387 g/mol. The van der Waals surface area contributed by atoms with Crippen LogP contribution in [-0.2, 0) is 15.1 Å². The van der Waals surface area contributed by atoms with Gasteiger partial charge < -0.3 is 20.1 Å². The zero-order chi connectivity index (χ0) is 19.7. The summed E-state index contributed by atoms with van der Waals surface area (Å²) >= 11 is 0. The molecule has 3 aliphatic rings. The monoisotopic (exact) mass is 387 g/mol. The first-order valence-corrected chi connectivity index (χ1v) is 9.81. The first kappa shape index (κ1) is 18.6. The number of carbonyl (C=O) groups excluding carboxylic acids is 3. The highest BCUT2D eigenvalue weighted by Gasteiger charge is 2.49. The van der Waals surface area contributed by atoms with Crippen molar-refractivity contribution in [3.8, 4) is 11.5 Å². The number of hydrogen-bond acceptors (Lipinski definition) is 5. The van der Waals surface area contributed by atoms with Gasteiger partial charge in [0.2, 0.25) is 5.91 Å². The Morgan fingerprint density at radius 3 is 2.64 bits per heavy atom. The maximum atomic E-state index is 13.0. The Kier molecular flexibility index (Phi) is 4.87. The van der Waals surface area contributed by atoms with E-state index in [1.807, 2.05) is 0 Å². The van der Waals surface area contributed by atoms with Crippen molar-refractivity contribution in [2.24, 2.45) is 0 Å². The van der Waals surface area contributed by atoms with Crippen LogP contribution in [0.4, 0.5) is 4.79 Å². The van der Waals surface area contributed by atoms with Crippen molar-refractivity contribution in [2.45, 2.75) is 50.6 Å². The van der Waals surface area contributed by atoms with Gasteiger partial charge in [0.1, 0.15) is 25.3 Å². The summed E-state index contributed by atoms with van der Waals surface area (Å²) in [5.74, 6) is 0.398. The van der Waals surface area contributed by atoms with Crippen molar-refractivity contribution in [2.75, 3.05) is 19.8 Å². The summed E-state index contributed by atoms with van der Waals surface area (Å²) in [6, 6.07) is 4.73. The van der Waals surface area contributed by atoms with Crippen LogP contribution in [0, 0.1) is 0 Å². The second kappa shape index (κ2) is 7.33. The van der Waals surface area contributed by atoms with Gasteiger partial charge in [-0.3, -0.25) is 14.5 Å². The maximum absolute atomic E-state index is 13.0. The van der Waals surface area contributed by atoms with Crippen molar-refractivity contribution < 1.29 is 23.9 Å². The minimum Gasteiger partial charge on any atom is -0.486 e. The molecular weight excluding hydrogens is 362 g/mol. The molecule has 0 bridgehead atoms. The molecule has 150 valence electrons. The van der Waals surface area contributed by atoms with Gasteiger partial charge in [-0.15, -0.1) is 0 Å². The van der Waals surface area contributed by atoms with Crippen molar-refractivity contribution in [1.82, 2.24) is 15.5 Å². The maximum Gasteiger partial charge on any atom is 0.325 e. The first-order valence-electron chi connectivity index (χ1n) is 9.81. The van der Waals surface area contributed by atoms with E-state index in [-0.39, 0.29) is 18.5 Å². The molecule has 2 N–H and O–H groups in total. The van der Waals surface area contributed by atoms with E-state index in [0.29, 0.717) is 30.3 Å². The third kappa shape index (κ3) is 3.39. The van der Waals surface area contributed by atoms with Crippen LogP contribution in [0.25, 0.3) is 0 Å². The molecule has 28 heavy (non-hydrogen) atoms. The van der Waals surface area contributed by atoms with Crippen LogP contribution < -0.4 is 20.1 Å². The van der Waals surface area contributed by atoms with Gasteiger partial charge in [0, 0.05) is 6.04 Å². The SMILES string of the molecule is C[C@]1(c2ccc3c(c2)OCCO3)NC(=O)N(CC(=O)NC2CCCCC2)C1=O. The lowest BCUT2D eigenvalue weighted by atomic mass is 9.91. The highest BCUT2D eigenvalue weighted by Crippen LogP contribution is 2.36. The number of carbonyl (C=O) groups is 3. The van der Waals surface area contributed by atoms with Crippen molar-refractivity contribution in [3.05, 3.63) is 23.8 Å². The van der Waals surface area contributed by atoms with Crippen LogP contribution in [0.2, 0.25) is 0 Å². The Hall–Kier alpha value is -2.77. The smallest absolute Gasteiger partial charge is 0.325 e. The molecule has 2 aliphatic heterocycles. The number of amides is 4. The normalized spacial score (nSPS) is 24.8. The molecule has 2 heterocycles. The molecule has 8 heteroatoms. The summed E-state index contributed by atoms with van der Waals surface area (Å²) in [5.41, 5.74) is -0.664. The van der Waals surface area contributed by atoms with Crippen molar-refractivity contribution in [1.29, 1.82) is 0 Å². The molecule has 4 rings (SSSR count). The minimum atomic E-state index is -1.25. The molecule has 1 saturated carbocycles. The van der Waals surface area contributed by atoms with Crippen LogP contribution in [0.15, 0.2) is 18.2 Å². The fourth-order valence-electron chi connectivity index (χ4n) is 4.05. The molecule has 2 fully saturated rings.